The van der Waals surface area contributed by atoms with E-state index in [1.54, 1.807) is 31.9 Å². The van der Waals surface area contributed by atoms with Gasteiger partial charge in [-0.25, -0.2) is 4.98 Å². The number of rotatable bonds is 6. The van der Waals surface area contributed by atoms with Gasteiger partial charge in [-0.1, -0.05) is 18.8 Å². The first-order valence-electron chi connectivity index (χ1n) is 10.2. The number of amides is 2. The number of ether oxygens (including phenoxy) is 2. The molecule has 2 rings (SSSR count). The van der Waals surface area contributed by atoms with E-state index >= 15 is 0 Å². The van der Waals surface area contributed by atoms with Gasteiger partial charge in [-0.3, -0.25) is 9.59 Å². The molecule has 2 N–H and O–H groups in total. The molecule has 4 atom stereocenters. The fourth-order valence-electron chi connectivity index (χ4n) is 3.18. The highest BCUT2D eigenvalue weighted by Crippen LogP contribution is 2.27. The van der Waals surface area contributed by atoms with Crippen LogP contribution in [-0.4, -0.2) is 95.5 Å². The average Bonchev–Trinajstić information content (AvgIpc) is 2.74. The maximum Gasteiger partial charge on any atom is 0.259 e. The molecule has 31 heavy (non-hydrogen) atoms. The van der Waals surface area contributed by atoms with Gasteiger partial charge in [0.1, 0.15) is 24.4 Å². The Bertz CT molecular complexity index is 847. The van der Waals surface area contributed by atoms with Gasteiger partial charge in [0.05, 0.1) is 19.2 Å². The van der Waals surface area contributed by atoms with E-state index in [1.165, 1.54) is 18.2 Å². The lowest BCUT2D eigenvalue weighted by Gasteiger charge is -2.37. The lowest BCUT2D eigenvalue weighted by Crippen LogP contribution is -2.50. The zero-order valence-corrected chi connectivity index (χ0v) is 18.7. The molecule has 0 aromatic carbocycles. The molecule has 1 aliphatic heterocycles. The molecule has 0 fully saturated rings. The number of methoxy groups -OCH3 is 1. The summed E-state index contributed by atoms with van der Waals surface area (Å²) in [6.07, 6.45) is 0.225. The molecule has 2 amide bonds. The van der Waals surface area contributed by atoms with Gasteiger partial charge >= 0.3 is 0 Å². The maximum atomic E-state index is 13.3. The van der Waals surface area contributed by atoms with Crippen molar-refractivity contribution in [2.45, 2.75) is 39.0 Å². The van der Waals surface area contributed by atoms with Crippen molar-refractivity contribution in [2.75, 3.05) is 40.5 Å². The first-order valence-corrected chi connectivity index (χ1v) is 10.2. The van der Waals surface area contributed by atoms with E-state index in [1.807, 2.05) is 6.92 Å². The van der Waals surface area contributed by atoms with E-state index in [-0.39, 0.29) is 48.9 Å². The SMILES string of the molecule is COCC(=O)N(C)C[C@H]1Oc2ncc(C#C[C@H](C)O)cc2C(=O)N([C@H](C)CO)C[C@@H]1C. The highest BCUT2D eigenvalue weighted by Gasteiger charge is 2.34. The van der Waals surface area contributed by atoms with Gasteiger partial charge in [0.2, 0.25) is 11.8 Å². The zero-order chi connectivity index (χ0) is 23.1. The highest BCUT2D eigenvalue weighted by molar-refractivity contribution is 5.97. The molecule has 1 aromatic rings. The normalized spacial score (nSPS) is 20.4. The number of likely N-dealkylation sites (N-methyl/N-ethyl adjacent to an activating group) is 1. The summed E-state index contributed by atoms with van der Waals surface area (Å²) >= 11 is 0. The van der Waals surface area contributed by atoms with Crippen molar-refractivity contribution in [3.63, 3.8) is 0 Å². The number of pyridine rings is 1. The predicted molar refractivity (Wildman–Crippen MR) is 113 cm³/mol. The summed E-state index contributed by atoms with van der Waals surface area (Å²) in [6, 6.07) is 1.16. The van der Waals surface area contributed by atoms with Crippen LogP contribution in [0.4, 0.5) is 0 Å². The summed E-state index contributed by atoms with van der Waals surface area (Å²) in [6.45, 7) is 5.62. The van der Waals surface area contributed by atoms with Crippen LogP contribution in [0, 0.1) is 17.8 Å². The van der Waals surface area contributed by atoms with Crippen LogP contribution in [-0.2, 0) is 9.53 Å². The van der Waals surface area contributed by atoms with Gasteiger partial charge in [-0.05, 0) is 19.9 Å². The standard InChI is InChI=1S/C22H31N3O6/c1-14-10-25(15(2)12-26)22(29)18-8-17(7-6-16(3)27)9-23-21(18)31-19(14)11-24(4)20(28)13-30-5/h8-9,14-16,19,26-27H,10-13H2,1-5H3/t14-,15+,16-,19+/m0/s1. The van der Waals surface area contributed by atoms with Crippen molar-refractivity contribution in [1.29, 1.82) is 0 Å². The van der Waals surface area contributed by atoms with Crippen LogP contribution in [0.5, 0.6) is 5.88 Å². The molecule has 0 aliphatic carbocycles. The summed E-state index contributed by atoms with van der Waals surface area (Å²) in [5.74, 6) is 4.91. The van der Waals surface area contributed by atoms with Crippen molar-refractivity contribution in [3.05, 3.63) is 23.4 Å². The summed E-state index contributed by atoms with van der Waals surface area (Å²) in [5, 5.41) is 19.1. The smallest absolute Gasteiger partial charge is 0.259 e. The second-order valence-corrected chi connectivity index (χ2v) is 7.85. The Balaban J connectivity index is 2.44. The van der Waals surface area contributed by atoms with Crippen LogP contribution in [0.1, 0.15) is 36.7 Å². The summed E-state index contributed by atoms with van der Waals surface area (Å²) in [5.41, 5.74) is 0.686. The van der Waals surface area contributed by atoms with Crippen molar-refractivity contribution in [2.24, 2.45) is 5.92 Å². The van der Waals surface area contributed by atoms with Crippen molar-refractivity contribution >= 4 is 11.8 Å². The zero-order valence-electron chi connectivity index (χ0n) is 18.7. The Labute approximate surface area is 183 Å². The number of aliphatic hydroxyl groups is 2. The Morgan fingerprint density at radius 1 is 1.48 bits per heavy atom. The largest absolute Gasteiger partial charge is 0.472 e. The minimum Gasteiger partial charge on any atom is -0.472 e. The summed E-state index contributed by atoms with van der Waals surface area (Å²) in [4.78, 5) is 32.8. The van der Waals surface area contributed by atoms with Crippen LogP contribution in [0.3, 0.4) is 0 Å². The quantitative estimate of drug-likeness (QED) is 0.614. The number of hydrogen-bond donors (Lipinski definition) is 2. The van der Waals surface area contributed by atoms with E-state index < -0.39 is 18.2 Å². The second-order valence-electron chi connectivity index (χ2n) is 7.85. The van der Waals surface area contributed by atoms with E-state index in [9.17, 15) is 19.8 Å². The van der Waals surface area contributed by atoms with Crippen molar-refractivity contribution in [1.82, 2.24) is 14.8 Å². The molecular weight excluding hydrogens is 402 g/mol. The lowest BCUT2D eigenvalue weighted by molar-refractivity contribution is -0.135. The summed E-state index contributed by atoms with van der Waals surface area (Å²) in [7, 11) is 3.12. The van der Waals surface area contributed by atoms with E-state index in [0.29, 0.717) is 12.1 Å². The number of fused-ring (bicyclic) bond motifs is 1. The molecule has 9 heteroatoms. The topological polar surface area (TPSA) is 112 Å². The minimum absolute atomic E-state index is 0.0378. The summed E-state index contributed by atoms with van der Waals surface area (Å²) < 4.78 is 11.0. The molecule has 9 nitrogen and oxygen atoms in total. The van der Waals surface area contributed by atoms with Crippen LogP contribution in [0.25, 0.3) is 0 Å². The van der Waals surface area contributed by atoms with Crippen molar-refractivity contribution in [3.8, 4) is 17.7 Å². The Hall–Kier alpha value is -2.67. The molecule has 0 spiro atoms. The molecular formula is C22H31N3O6. The van der Waals surface area contributed by atoms with E-state index in [0.717, 1.165) is 0 Å². The van der Waals surface area contributed by atoms with Gasteiger partial charge in [0, 0.05) is 38.4 Å². The molecule has 0 radical (unpaired) electrons. The predicted octanol–water partition coefficient (Wildman–Crippen LogP) is 0.139. The Morgan fingerprint density at radius 2 is 2.19 bits per heavy atom. The lowest BCUT2D eigenvalue weighted by atomic mass is 10.00. The third-order valence-electron chi connectivity index (χ3n) is 5.09. The minimum atomic E-state index is -0.815. The number of aromatic nitrogens is 1. The first-order chi connectivity index (χ1) is 14.7. The number of carbonyl (C=O) groups is 2. The Kier molecular flexibility index (Phi) is 8.80. The molecule has 0 saturated heterocycles. The molecule has 0 saturated carbocycles. The monoisotopic (exact) mass is 433 g/mol. The Morgan fingerprint density at radius 3 is 2.81 bits per heavy atom. The fraction of sp³-hybridized carbons (Fsp3) is 0.591. The second kappa shape index (κ2) is 11.1. The van der Waals surface area contributed by atoms with Gasteiger partial charge < -0.3 is 29.5 Å². The number of carbonyl (C=O) groups excluding carboxylic acids is 2. The van der Waals surface area contributed by atoms with Crippen molar-refractivity contribution < 1.29 is 29.3 Å². The van der Waals surface area contributed by atoms with Crippen LogP contribution < -0.4 is 4.74 Å². The van der Waals surface area contributed by atoms with Gasteiger partial charge in [0.25, 0.3) is 5.91 Å². The molecule has 2 heterocycles. The molecule has 0 bridgehead atoms. The number of hydrogen-bond acceptors (Lipinski definition) is 7. The van der Waals surface area contributed by atoms with E-state index in [4.69, 9.17) is 9.47 Å². The van der Waals surface area contributed by atoms with Gasteiger partial charge in [0.15, 0.2) is 0 Å². The van der Waals surface area contributed by atoms with Crippen LogP contribution in [0.2, 0.25) is 0 Å². The van der Waals surface area contributed by atoms with Gasteiger partial charge in [-0.2, -0.15) is 0 Å². The third-order valence-corrected chi connectivity index (χ3v) is 5.09. The average molecular weight is 434 g/mol. The highest BCUT2D eigenvalue weighted by atomic mass is 16.5. The number of nitrogens with zero attached hydrogens (tertiary/aromatic N) is 3. The van der Waals surface area contributed by atoms with Gasteiger partial charge in [-0.15, -0.1) is 0 Å². The fourth-order valence-corrected chi connectivity index (χ4v) is 3.18. The number of aliphatic hydroxyl groups excluding tert-OH is 2. The van der Waals surface area contributed by atoms with Crippen LogP contribution >= 0.6 is 0 Å². The molecule has 1 aromatic heterocycles. The van der Waals surface area contributed by atoms with Crippen LogP contribution in [0.15, 0.2) is 12.3 Å². The molecule has 170 valence electrons. The maximum absolute atomic E-state index is 13.3. The third kappa shape index (κ3) is 6.40. The first kappa shape index (κ1) is 24.6. The van der Waals surface area contributed by atoms with E-state index in [2.05, 4.69) is 16.8 Å². The molecule has 1 aliphatic rings. The molecule has 0 unspecified atom stereocenters.